The van der Waals surface area contributed by atoms with E-state index < -0.39 is 0 Å². The number of rotatable bonds is 4. The van der Waals surface area contributed by atoms with Crippen molar-refractivity contribution in [1.29, 1.82) is 0 Å². The molecule has 0 aromatic heterocycles. The van der Waals surface area contributed by atoms with Gasteiger partial charge in [-0.3, -0.25) is 4.79 Å². The van der Waals surface area contributed by atoms with Crippen LogP contribution < -0.4 is 5.32 Å². The first kappa shape index (κ1) is 19.9. The van der Waals surface area contributed by atoms with E-state index in [4.69, 9.17) is 4.74 Å². The lowest BCUT2D eigenvalue weighted by atomic mass is 9.81. The maximum atomic E-state index is 12.7. The highest BCUT2D eigenvalue weighted by Crippen LogP contribution is 2.32. The number of ether oxygens (including phenoxy) is 1. The molecule has 0 unspecified atom stereocenters. The highest BCUT2D eigenvalue weighted by atomic mass is 16.5. The maximum Gasteiger partial charge on any atom is 0.306 e. The third-order valence-corrected chi connectivity index (χ3v) is 5.91. The monoisotopic (exact) mass is 389 g/mol. The van der Waals surface area contributed by atoms with E-state index in [0.717, 1.165) is 12.8 Å². The number of carbonyl (C=O) groups excluding carboxylic acids is 1. The number of esters is 1. The van der Waals surface area contributed by atoms with Crippen molar-refractivity contribution < 1.29 is 9.53 Å². The van der Waals surface area contributed by atoms with Gasteiger partial charge in [-0.1, -0.05) is 48.5 Å². The van der Waals surface area contributed by atoms with Crippen molar-refractivity contribution >= 4 is 27.5 Å². The van der Waals surface area contributed by atoms with Gasteiger partial charge in [0.05, 0.1) is 0 Å². The lowest BCUT2D eigenvalue weighted by Gasteiger charge is -2.45. The molecular weight excluding hydrogens is 358 g/mol. The Morgan fingerprint density at radius 2 is 1.45 bits per heavy atom. The Hall–Kier alpha value is -2.39. The van der Waals surface area contributed by atoms with Crippen LogP contribution in [0.15, 0.2) is 54.6 Å². The van der Waals surface area contributed by atoms with Gasteiger partial charge in [0.25, 0.3) is 0 Å². The number of carbonyl (C=O) groups is 1. The van der Waals surface area contributed by atoms with Crippen LogP contribution >= 0.6 is 0 Å². The quantitative estimate of drug-likeness (QED) is 0.454. The topological polar surface area (TPSA) is 38.3 Å². The van der Waals surface area contributed by atoms with Gasteiger partial charge in [0, 0.05) is 30.3 Å². The Morgan fingerprint density at radius 3 is 2.00 bits per heavy atom. The molecule has 0 saturated carbocycles. The smallest absolute Gasteiger partial charge is 0.306 e. The van der Waals surface area contributed by atoms with E-state index in [1.165, 1.54) is 27.1 Å². The van der Waals surface area contributed by atoms with Crippen molar-refractivity contribution in [3.63, 3.8) is 0 Å². The Kier molecular flexibility index (Phi) is 5.12. The minimum atomic E-state index is -0.0967. The highest BCUT2D eigenvalue weighted by Gasteiger charge is 2.39. The van der Waals surface area contributed by atoms with Gasteiger partial charge >= 0.3 is 5.97 Å². The SMILES string of the molecule is CC1(C)CC(OC(=O)CCc2c3ccccc3cc3ccccc23)CC(C)(C)N1. The molecule has 3 heteroatoms. The van der Waals surface area contributed by atoms with Crippen LogP contribution in [0.1, 0.15) is 52.5 Å². The summed E-state index contributed by atoms with van der Waals surface area (Å²) in [6.45, 7) is 8.71. The van der Waals surface area contributed by atoms with Crippen LogP contribution in [0, 0.1) is 0 Å². The summed E-state index contributed by atoms with van der Waals surface area (Å²) in [5.41, 5.74) is 1.18. The van der Waals surface area contributed by atoms with Gasteiger partial charge in [-0.25, -0.2) is 0 Å². The normalized spacial score (nSPS) is 18.8. The summed E-state index contributed by atoms with van der Waals surface area (Å²) >= 11 is 0. The van der Waals surface area contributed by atoms with Crippen LogP contribution in [0.25, 0.3) is 21.5 Å². The zero-order valence-corrected chi connectivity index (χ0v) is 17.9. The number of nitrogens with one attached hydrogen (secondary N) is 1. The summed E-state index contributed by atoms with van der Waals surface area (Å²) in [5, 5.41) is 8.53. The zero-order valence-electron chi connectivity index (χ0n) is 17.9. The molecule has 1 aliphatic rings. The first-order valence-electron chi connectivity index (χ1n) is 10.6. The molecule has 3 aromatic rings. The lowest BCUT2D eigenvalue weighted by molar-refractivity contribution is -0.153. The molecule has 0 amide bonds. The Balaban J connectivity index is 1.53. The van der Waals surface area contributed by atoms with Gasteiger partial charge in [0.15, 0.2) is 0 Å². The average molecular weight is 390 g/mol. The first-order chi connectivity index (χ1) is 13.7. The van der Waals surface area contributed by atoms with E-state index in [-0.39, 0.29) is 23.2 Å². The van der Waals surface area contributed by atoms with Crippen molar-refractivity contribution in [3.05, 3.63) is 60.2 Å². The molecule has 0 atom stereocenters. The Bertz CT molecular complexity index is 981. The third-order valence-electron chi connectivity index (χ3n) is 5.91. The Labute approximate surface area is 173 Å². The molecule has 1 aliphatic heterocycles. The third kappa shape index (κ3) is 4.45. The molecule has 1 saturated heterocycles. The fourth-order valence-electron chi connectivity index (χ4n) is 5.16. The second-order valence-electron chi connectivity index (χ2n) is 9.71. The van der Waals surface area contributed by atoms with E-state index in [1.807, 2.05) is 0 Å². The second kappa shape index (κ2) is 7.46. The van der Waals surface area contributed by atoms with Gasteiger partial charge in [0.2, 0.25) is 0 Å². The number of piperidine rings is 1. The molecule has 0 radical (unpaired) electrons. The lowest BCUT2D eigenvalue weighted by Crippen LogP contribution is -2.59. The number of hydrogen-bond acceptors (Lipinski definition) is 3. The summed E-state index contributed by atoms with van der Waals surface area (Å²) in [4.78, 5) is 12.7. The zero-order chi connectivity index (χ0) is 20.6. The van der Waals surface area contributed by atoms with Gasteiger partial charge in [0.1, 0.15) is 6.10 Å². The first-order valence-corrected chi connectivity index (χ1v) is 10.6. The van der Waals surface area contributed by atoms with E-state index in [0.29, 0.717) is 12.8 Å². The van der Waals surface area contributed by atoms with Gasteiger partial charge in [-0.2, -0.15) is 0 Å². The summed E-state index contributed by atoms with van der Waals surface area (Å²) in [5.74, 6) is -0.0967. The maximum absolute atomic E-state index is 12.7. The van der Waals surface area contributed by atoms with Crippen LogP contribution in [0.2, 0.25) is 0 Å². The molecule has 3 aromatic carbocycles. The van der Waals surface area contributed by atoms with Crippen molar-refractivity contribution in [2.24, 2.45) is 0 Å². The minimum absolute atomic E-state index is 0.0292. The summed E-state index contributed by atoms with van der Waals surface area (Å²) in [6, 6.07) is 19.1. The van der Waals surface area contributed by atoms with Crippen LogP contribution in [0.5, 0.6) is 0 Å². The van der Waals surface area contributed by atoms with E-state index in [2.05, 4.69) is 87.6 Å². The molecule has 1 N–H and O–H groups in total. The van der Waals surface area contributed by atoms with E-state index in [9.17, 15) is 4.79 Å². The molecule has 1 heterocycles. The molecule has 1 fully saturated rings. The predicted octanol–water partition coefficient (Wildman–Crippen LogP) is 5.78. The number of hydrogen-bond donors (Lipinski definition) is 1. The van der Waals surface area contributed by atoms with E-state index in [1.54, 1.807) is 0 Å². The molecule has 29 heavy (non-hydrogen) atoms. The van der Waals surface area contributed by atoms with Crippen molar-refractivity contribution in [2.45, 2.75) is 70.6 Å². The molecule has 3 nitrogen and oxygen atoms in total. The predicted molar refractivity (Wildman–Crippen MR) is 120 cm³/mol. The fraction of sp³-hybridized carbons (Fsp3) is 0.423. The largest absolute Gasteiger partial charge is 0.462 e. The molecule has 4 rings (SSSR count). The standard InChI is InChI=1S/C26H31NO2/c1-25(2)16-20(17-26(3,4)27-25)29-24(28)14-13-23-21-11-7-5-9-18(21)15-19-10-6-8-12-22(19)23/h5-12,15,20,27H,13-14,16-17H2,1-4H3. The minimum Gasteiger partial charge on any atom is -0.462 e. The molecule has 0 aliphatic carbocycles. The molecule has 152 valence electrons. The second-order valence-corrected chi connectivity index (χ2v) is 9.71. The number of aryl methyl sites for hydroxylation is 1. The van der Waals surface area contributed by atoms with Gasteiger partial charge in [-0.15, -0.1) is 0 Å². The number of benzene rings is 3. The molecular formula is C26H31NO2. The Morgan fingerprint density at radius 1 is 0.931 bits per heavy atom. The molecule has 0 bridgehead atoms. The molecule has 0 spiro atoms. The van der Waals surface area contributed by atoms with Crippen LogP contribution in [0.4, 0.5) is 0 Å². The van der Waals surface area contributed by atoms with Crippen LogP contribution in [-0.2, 0) is 16.0 Å². The number of fused-ring (bicyclic) bond motifs is 2. The van der Waals surface area contributed by atoms with Gasteiger partial charge < -0.3 is 10.1 Å². The van der Waals surface area contributed by atoms with E-state index >= 15 is 0 Å². The van der Waals surface area contributed by atoms with Crippen LogP contribution in [-0.4, -0.2) is 23.2 Å². The summed E-state index contributed by atoms with van der Waals surface area (Å²) < 4.78 is 5.93. The highest BCUT2D eigenvalue weighted by molar-refractivity contribution is 6.02. The fourth-order valence-corrected chi connectivity index (χ4v) is 5.16. The van der Waals surface area contributed by atoms with Crippen molar-refractivity contribution in [2.75, 3.05) is 0 Å². The van der Waals surface area contributed by atoms with Crippen molar-refractivity contribution in [3.8, 4) is 0 Å². The summed E-state index contributed by atoms with van der Waals surface area (Å²) in [6.07, 6.45) is 2.76. The average Bonchev–Trinajstić information content (AvgIpc) is 2.62. The summed E-state index contributed by atoms with van der Waals surface area (Å²) in [7, 11) is 0. The van der Waals surface area contributed by atoms with Gasteiger partial charge in [-0.05, 0) is 67.3 Å². The van der Waals surface area contributed by atoms with Crippen LogP contribution in [0.3, 0.4) is 0 Å². The van der Waals surface area contributed by atoms with Crippen molar-refractivity contribution in [1.82, 2.24) is 5.32 Å².